The number of Topliss-reactive ketones (excluding diaryl/α,β-unsaturated/α-hetero) is 2. The van der Waals surface area contributed by atoms with Gasteiger partial charge in [-0.3, -0.25) is 14.4 Å². The summed E-state index contributed by atoms with van der Waals surface area (Å²) in [5.74, 6) is 0.349. The Bertz CT molecular complexity index is 793. The van der Waals surface area contributed by atoms with Gasteiger partial charge in [0.15, 0.2) is 11.5 Å². The molecule has 3 rings (SSSR count). The van der Waals surface area contributed by atoms with E-state index < -0.39 is 0 Å². The monoisotopic (exact) mass is 390 g/mol. The second kappa shape index (κ2) is 9.05. The summed E-state index contributed by atoms with van der Waals surface area (Å²) in [7, 11) is 1.39. The molecule has 2 aromatic heterocycles. The number of carbonyl (C=O) groups excluding carboxylic acids is 3. The Morgan fingerprint density at radius 2 is 2.11 bits per heavy atom. The Morgan fingerprint density at radius 3 is 2.81 bits per heavy atom. The molecule has 0 N–H and O–H groups in total. The first kappa shape index (κ1) is 19.4. The van der Waals surface area contributed by atoms with Crippen molar-refractivity contribution in [3.63, 3.8) is 0 Å². The second-order valence-electron chi connectivity index (χ2n) is 6.60. The van der Waals surface area contributed by atoms with Crippen LogP contribution in [0.2, 0.25) is 0 Å². The summed E-state index contributed by atoms with van der Waals surface area (Å²) in [6.07, 6.45) is 1.59. The number of aromatic nitrogens is 1. The number of thiophene rings is 1. The zero-order valence-electron chi connectivity index (χ0n) is 15.2. The van der Waals surface area contributed by atoms with Crippen LogP contribution in [0.25, 0.3) is 10.6 Å². The minimum atomic E-state index is -0.189. The molecule has 0 atom stereocenters. The molecule has 0 bridgehead atoms. The Kier molecular flexibility index (Phi) is 6.52. The quantitative estimate of drug-likeness (QED) is 0.455. The number of hydrogen-bond acceptors (Lipinski definition) is 8. The number of ketones is 2. The van der Waals surface area contributed by atoms with E-state index in [1.807, 2.05) is 17.5 Å². The maximum Gasteiger partial charge on any atom is 0.311 e. The van der Waals surface area contributed by atoms with Gasteiger partial charge in [-0.15, -0.1) is 11.3 Å². The van der Waals surface area contributed by atoms with Crippen LogP contribution in [0, 0.1) is 5.92 Å². The lowest BCUT2D eigenvalue weighted by molar-refractivity contribution is -0.151. The molecule has 144 valence electrons. The van der Waals surface area contributed by atoms with E-state index in [1.54, 1.807) is 6.07 Å². The summed E-state index contributed by atoms with van der Waals surface area (Å²) in [6, 6.07) is 5.46. The van der Waals surface area contributed by atoms with Crippen LogP contribution in [0.4, 0.5) is 0 Å². The molecular formula is C19H22N2O5S. The number of carbonyl (C=O) groups is 3. The average Bonchev–Trinajstić information content (AvgIpc) is 3.31. The molecule has 0 aliphatic carbocycles. The number of rotatable bonds is 10. The number of hydrogen-bond donors (Lipinski definition) is 0. The fourth-order valence-corrected chi connectivity index (χ4v) is 3.66. The first-order chi connectivity index (χ1) is 13.1. The summed E-state index contributed by atoms with van der Waals surface area (Å²) >= 11 is 1.52. The summed E-state index contributed by atoms with van der Waals surface area (Å²) in [4.78, 5) is 38.4. The van der Waals surface area contributed by atoms with Gasteiger partial charge in [-0.1, -0.05) is 11.2 Å². The van der Waals surface area contributed by atoms with Gasteiger partial charge in [0, 0.05) is 45.0 Å². The molecule has 0 unspecified atom stereocenters. The zero-order valence-corrected chi connectivity index (χ0v) is 16.0. The maximum atomic E-state index is 12.2. The fourth-order valence-electron chi connectivity index (χ4n) is 2.99. The normalized spacial score (nSPS) is 14.7. The molecule has 1 saturated heterocycles. The van der Waals surface area contributed by atoms with Gasteiger partial charge in [-0.25, -0.2) is 0 Å². The van der Waals surface area contributed by atoms with Crippen LogP contribution in [0.5, 0.6) is 0 Å². The van der Waals surface area contributed by atoms with E-state index in [9.17, 15) is 14.4 Å². The van der Waals surface area contributed by atoms with Crippen molar-refractivity contribution in [2.75, 3.05) is 26.7 Å². The molecule has 0 amide bonds. The fraction of sp³-hybridized carbons (Fsp3) is 0.474. The van der Waals surface area contributed by atoms with Gasteiger partial charge in [0.25, 0.3) is 0 Å². The molecule has 27 heavy (non-hydrogen) atoms. The predicted molar refractivity (Wildman–Crippen MR) is 99.6 cm³/mol. The highest BCUT2D eigenvalue weighted by Gasteiger charge is 2.33. The smallest absolute Gasteiger partial charge is 0.311 e. The molecule has 8 heteroatoms. The zero-order chi connectivity index (χ0) is 19.2. The number of methoxy groups -OCH3 is 1. The standard InChI is InChI=1S/C19H22N2O5S/c1-25-19(24)13-11-21(12-13)8-7-14(22)4-2-5-16(23)15-10-17(26-20-15)18-6-3-9-27-18/h3,6,9-10,13H,2,4-5,7-8,11-12H2,1H3. The van der Waals surface area contributed by atoms with Crippen LogP contribution >= 0.6 is 11.3 Å². The molecule has 0 spiro atoms. The third-order valence-electron chi connectivity index (χ3n) is 4.62. The Hall–Kier alpha value is -2.32. The number of nitrogens with zero attached hydrogens (tertiary/aromatic N) is 2. The SMILES string of the molecule is COC(=O)C1CN(CCC(=O)CCCC(=O)c2cc(-c3cccs3)on2)C1. The number of likely N-dealkylation sites (tertiary alicyclic amines) is 1. The Morgan fingerprint density at radius 1 is 1.30 bits per heavy atom. The highest BCUT2D eigenvalue weighted by molar-refractivity contribution is 7.13. The summed E-state index contributed by atoms with van der Waals surface area (Å²) in [5, 5.41) is 5.76. The Labute approximate surface area is 161 Å². The molecule has 1 aliphatic rings. The van der Waals surface area contributed by atoms with Crippen LogP contribution in [0.15, 0.2) is 28.1 Å². The van der Waals surface area contributed by atoms with Gasteiger partial charge in [0.05, 0.1) is 17.9 Å². The van der Waals surface area contributed by atoms with Crippen molar-refractivity contribution in [1.29, 1.82) is 0 Å². The first-order valence-corrected chi connectivity index (χ1v) is 9.80. The lowest BCUT2D eigenvalue weighted by atomic mass is 9.99. The molecule has 0 aromatic carbocycles. The summed E-state index contributed by atoms with van der Waals surface area (Å²) < 4.78 is 9.90. The van der Waals surface area contributed by atoms with Crippen LogP contribution in [0.1, 0.15) is 36.2 Å². The topological polar surface area (TPSA) is 89.7 Å². The minimum absolute atomic E-state index is 0.0655. The molecule has 0 radical (unpaired) electrons. The molecule has 2 aromatic rings. The van der Waals surface area contributed by atoms with Crippen LogP contribution in [-0.4, -0.2) is 54.3 Å². The molecule has 7 nitrogen and oxygen atoms in total. The van der Waals surface area contributed by atoms with E-state index in [2.05, 4.69) is 14.8 Å². The van der Waals surface area contributed by atoms with Gasteiger partial charge in [0.2, 0.25) is 0 Å². The summed E-state index contributed by atoms with van der Waals surface area (Å²) in [5.41, 5.74) is 0.306. The number of ether oxygens (including phenoxy) is 1. The van der Waals surface area contributed by atoms with Gasteiger partial charge in [0.1, 0.15) is 11.5 Å². The predicted octanol–water partition coefficient (Wildman–Crippen LogP) is 2.82. The van der Waals surface area contributed by atoms with Gasteiger partial charge >= 0.3 is 5.97 Å². The molecule has 1 aliphatic heterocycles. The largest absolute Gasteiger partial charge is 0.469 e. The van der Waals surface area contributed by atoms with Crippen molar-refractivity contribution in [3.05, 3.63) is 29.3 Å². The third-order valence-corrected chi connectivity index (χ3v) is 5.50. The molecule has 3 heterocycles. The van der Waals surface area contributed by atoms with E-state index in [0.717, 1.165) is 4.88 Å². The van der Waals surface area contributed by atoms with Crippen molar-refractivity contribution in [2.45, 2.75) is 25.7 Å². The van der Waals surface area contributed by atoms with Crippen molar-refractivity contribution >= 4 is 28.9 Å². The van der Waals surface area contributed by atoms with Crippen molar-refractivity contribution in [3.8, 4) is 10.6 Å². The molecule has 1 fully saturated rings. The Balaban J connectivity index is 1.32. The van der Waals surface area contributed by atoms with E-state index in [0.29, 0.717) is 50.4 Å². The van der Waals surface area contributed by atoms with E-state index in [-0.39, 0.29) is 29.9 Å². The lowest BCUT2D eigenvalue weighted by Crippen LogP contribution is -2.51. The van der Waals surface area contributed by atoms with Crippen LogP contribution < -0.4 is 0 Å². The highest BCUT2D eigenvalue weighted by atomic mass is 32.1. The van der Waals surface area contributed by atoms with Gasteiger partial charge in [-0.05, 0) is 17.9 Å². The van der Waals surface area contributed by atoms with Crippen molar-refractivity contribution in [1.82, 2.24) is 10.1 Å². The van der Waals surface area contributed by atoms with Crippen molar-refractivity contribution < 1.29 is 23.6 Å². The third kappa shape index (κ3) is 5.11. The minimum Gasteiger partial charge on any atom is -0.469 e. The molecular weight excluding hydrogens is 368 g/mol. The van der Waals surface area contributed by atoms with E-state index in [1.165, 1.54) is 18.4 Å². The van der Waals surface area contributed by atoms with E-state index >= 15 is 0 Å². The van der Waals surface area contributed by atoms with Crippen LogP contribution in [0.3, 0.4) is 0 Å². The van der Waals surface area contributed by atoms with Crippen LogP contribution in [-0.2, 0) is 14.3 Å². The molecule has 0 saturated carbocycles. The first-order valence-electron chi connectivity index (χ1n) is 8.92. The van der Waals surface area contributed by atoms with E-state index in [4.69, 9.17) is 4.52 Å². The summed E-state index contributed by atoms with van der Waals surface area (Å²) in [6.45, 7) is 1.95. The second-order valence-corrected chi connectivity index (χ2v) is 7.55. The van der Waals surface area contributed by atoms with Gasteiger partial charge in [-0.2, -0.15) is 0 Å². The highest BCUT2D eigenvalue weighted by Crippen LogP contribution is 2.25. The lowest BCUT2D eigenvalue weighted by Gasteiger charge is -2.37. The average molecular weight is 390 g/mol. The van der Waals surface area contributed by atoms with Crippen molar-refractivity contribution in [2.24, 2.45) is 5.92 Å². The maximum absolute atomic E-state index is 12.2. The van der Waals surface area contributed by atoms with Gasteiger partial charge < -0.3 is 14.2 Å². The number of esters is 1.